The second kappa shape index (κ2) is 14.5. The summed E-state index contributed by atoms with van der Waals surface area (Å²) in [6.45, 7) is 2.26. The predicted octanol–water partition coefficient (Wildman–Crippen LogP) is 4.15. The summed E-state index contributed by atoms with van der Waals surface area (Å²) in [5.74, 6) is -0.159. The molecule has 0 aromatic heterocycles. The Labute approximate surface area is 112 Å². The van der Waals surface area contributed by atoms with E-state index in [4.69, 9.17) is 5.73 Å². The largest absolute Gasteiger partial charge is 0.450 e. The van der Waals surface area contributed by atoms with E-state index in [1.807, 2.05) is 0 Å². The quantitative estimate of drug-likeness (QED) is 0.306. The van der Waals surface area contributed by atoms with Crippen molar-refractivity contribution in [3.05, 3.63) is 0 Å². The number of carbonyl (C=O) groups is 1. The van der Waals surface area contributed by atoms with E-state index in [0.717, 1.165) is 12.8 Å². The van der Waals surface area contributed by atoms with Crippen LogP contribution in [0.1, 0.15) is 84.0 Å². The minimum Gasteiger partial charge on any atom is -0.450 e. The van der Waals surface area contributed by atoms with Crippen LogP contribution >= 0.6 is 0 Å². The number of ether oxygens (including phenoxy) is 1. The molecule has 0 fully saturated rings. The van der Waals surface area contributed by atoms with Crippen molar-refractivity contribution in [3.8, 4) is 0 Å². The highest BCUT2D eigenvalue weighted by atomic mass is 16.5. The summed E-state index contributed by atoms with van der Waals surface area (Å²) in [6, 6.07) is 0. The number of hydrogen-bond acceptors (Lipinski definition) is 3. The van der Waals surface area contributed by atoms with Gasteiger partial charge in [0.1, 0.15) is 6.73 Å². The molecule has 0 aromatic rings. The Morgan fingerprint density at radius 3 is 1.72 bits per heavy atom. The van der Waals surface area contributed by atoms with Crippen molar-refractivity contribution in [2.24, 2.45) is 5.73 Å². The molecule has 3 nitrogen and oxygen atoms in total. The van der Waals surface area contributed by atoms with Crippen LogP contribution in [0.25, 0.3) is 0 Å². The van der Waals surface area contributed by atoms with Crippen LogP contribution in [0.4, 0.5) is 0 Å². The van der Waals surface area contributed by atoms with Gasteiger partial charge in [-0.15, -0.1) is 0 Å². The van der Waals surface area contributed by atoms with Gasteiger partial charge in [-0.1, -0.05) is 71.1 Å². The van der Waals surface area contributed by atoms with Crippen LogP contribution in [0.3, 0.4) is 0 Å². The fraction of sp³-hybridized carbons (Fsp3) is 0.933. The topological polar surface area (TPSA) is 52.3 Å². The van der Waals surface area contributed by atoms with Crippen LogP contribution in [-0.2, 0) is 9.53 Å². The fourth-order valence-corrected chi connectivity index (χ4v) is 2.10. The molecule has 0 radical (unpaired) electrons. The first kappa shape index (κ1) is 17.4. The Morgan fingerprint density at radius 2 is 1.28 bits per heavy atom. The smallest absolute Gasteiger partial charge is 0.307 e. The molecule has 0 aliphatic heterocycles. The molecule has 0 atom stereocenters. The Hall–Kier alpha value is -0.570. The second-order valence-corrected chi connectivity index (χ2v) is 4.97. The maximum atomic E-state index is 11.0. The van der Waals surface area contributed by atoms with E-state index < -0.39 is 0 Å². The number of carbonyl (C=O) groups excluding carboxylic acids is 1. The van der Waals surface area contributed by atoms with Crippen molar-refractivity contribution in [3.63, 3.8) is 0 Å². The Balaban J connectivity index is 3.01. The van der Waals surface area contributed by atoms with E-state index in [0.29, 0.717) is 6.42 Å². The second-order valence-electron chi connectivity index (χ2n) is 4.97. The Bertz CT molecular complexity index is 183. The first-order valence-electron chi connectivity index (χ1n) is 7.67. The van der Waals surface area contributed by atoms with Gasteiger partial charge in [0.15, 0.2) is 0 Å². The van der Waals surface area contributed by atoms with Gasteiger partial charge in [0, 0.05) is 6.42 Å². The summed E-state index contributed by atoms with van der Waals surface area (Å²) < 4.78 is 4.67. The van der Waals surface area contributed by atoms with Gasteiger partial charge >= 0.3 is 5.97 Å². The zero-order chi connectivity index (χ0) is 13.5. The molecule has 0 saturated heterocycles. The summed E-state index contributed by atoms with van der Waals surface area (Å²) >= 11 is 0. The molecule has 0 unspecified atom stereocenters. The van der Waals surface area contributed by atoms with Crippen molar-refractivity contribution in [2.45, 2.75) is 84.0 Å². The normalized spacial score (nSPS) is 10.6. The van der Waals surface area contributed by atoms with Crippen molar-refractivity contribution in [1.82, 2.24) is 0 Å². The molecule has 0 aromatic carbocycles. The van der Waals surface area contributed by atoms with Crippen LogP contribution in [0.15, 0.2) is 0 Å². The number of rotatable bonds is 13. The predicted molar refractivity (Wildman–Crippen MR) is 76.2 cm³/mol. The van der Waals surface area contributed by atoms with E-state index in [-0.39, 0.29) is 12.7 Å². The molecule has 0 heterocycles. The number of hydrogen-bond donors (Lipinski definition) is 1. The van der Waals surface area contributed by atoms with E-state index in [1.165, 1.54) is 57.8 Å². The molecule has 0 aliphatic rings. The van der Waals surface area contributed by atoms with Gasteiger partial charge in [-0.3, -0.25) is 10.5 Å². The third kappa shape index (κ3) is 13.5. The fourth-order valence-electron chi connectivity index (χ4n) is 2.10. The average molecular weight is 257 g/mol. The van der Waals surface area contributed by atoms with E-state index in [2.05, 4.69) is 11.7 Å². The SMILES string of the molecule is CCCCCCCCCCCCCC(=O)OCN. The van der Waals surface area contributed by atoms with Gasteiger partial charge in [-0.2, -0.15) is 0 Å². The molecule has 0 aliphatic carbocycles. The summed E-state index contributed by atoms with van der Waals surface area (Å²) in [5.41, 5.74) is 5.12. The summed E-state index contributed by atoms with van der Waals surface area (Å²) in [6.07, 6.45) is 14.8. The lowest BCUT2D eigenvalue weighted by molar-refractivity contribution is -0.143. The molecule has 0 amide bonds. The maximum absolute atomic E-state index is 11.0. The monoisotopic (exact) mass is 257 g/mol. The van der Waals surface area contributed by atoms with E-state index in [9.17, 15) is 4.79 Å². The molecule has 0 spiro atoms. The molecule has 108 valence electrons. The van der Waals surface area contributed by atoms with Gasteiger partial charge in [0.2, 0.25) is 0 Å². The lowest BCUT2D eigenvalue weighted by atomic mass is 10.1. The maximum Gasteiger partial charge on any atom is 0.307 e. The van der Waals surface area contributed by atoms with Crippen LogP contribution in [-0.4, -0.2) is 12.7 Å². The Morgan fingerprint density at radius 1 is 0.833 bits per heavy atom. The van der Waals surface area contributed by atoms with Crippen LogP contribution in [0.5, 0.6) is 0 Å². The Kier molecular flexibility index (Phi) is 14.0. The van der Waals surface area contributed by atoms with Gasteiger partial charge in [-0.05, 0) is 6.42 Å². The van der Waals surface area contributed by atoms with Gasteiger partial charge < -0.3 is 4.74 Å². The third-order valence-electron chi connectivity index (χ3n) is 3.23. The standard InChI is InChI=1S/C15H31NO2/c1-2-3-4-5-6-7-8-9-10-11-12-13-15(17)18-14-16/h2-14,16H2,1H3. The minimum atomic E-state index is -0.159. The molecule has 18 heavy (non-hydrogen) atoms. The summed E-state index contributed by atoms with van der Waals surface area (Å²) in [4.78, 5) is 11.0. The van der Waals surface area contributed by atoms with Crippen LogP contribution in [0, 0.1) is 0 Å². The highest BCUT2D eigenvalue weighted by Crippen LogP contribution is 2.11. The number of nitrogens with two attached hydrogens (primary N) is 1. The summed E-state index contributed by atoms with van der Waals surface area (Å²) in [5, 5.41) is 0. The first-order valence-corrected chi connectivity index (χ1v) is 7.67. The van der Waals surface area contributed by atoms with Crippen molar-refractivity contribution >= 4 is 5.97 Å². The van der Waals surface area contributed by atoms with Crippen LogP contribution in [0.2, 0.25) is 0 Å². The van der Waals surface area contributed by atoms with Gasteiger partial charge in [0.05, 0.1) is 0 Å². The minimum absolute atomic E-state index is 0.0108. The zero-order valence-corrected chi connectivity index (χ0v) is 12.1. The third-order valence-corrected chi connectivity index (χ3v) is 3.23. The van der Waals surface area contributed by atoms with Crippen molar-refractivity contribution in [2.75, 3.05) is 6.73 Å². The van der Waals surface area contributed by atoms with Gasteiger partial charge in [-0.25, -0.2) is 0 Å². The average Bonchev–Trinajstić information content (AvgIpc) is 2.36. The van der Waals surface area contributed by atoms with Crippen molar-refractivity contribution < 1.29 is 9.53 Å². The molecule has 0 rings (SSSR count). The highest BCUT2D eigenvalue weighted by molar-refractivity contribution is 5.69. The molecular formula is C15H31NO2. The lowest BCUT2D eigenvalue weighted by Crippen LogP contribution is -2.11. The molecule has 0 saturated carbocycles. The van der Waals surface area contributed by atoms with E-state index in [1.54, 1.807) is 0 Å². The molecular weight excluding hydrogens is 226 g/mol. The molecule has 2 N–H and O–H groups in total. The summed E-state index contributed by atoms with van der Waals surface area (Å²) in [7, 11) is 0. The molecule has 3 heteroatoms. The highest BCUT2D eigenvalue weighted by Gasteiger charge is 2.00. The lowest BCUT2D eigenvalue weighted by Gasteiger charge is -2.03. The van der Waals surface area contributed by atoms with E-state index >= 15 is 0 Å². The first-order chi connectivity index (χ1) is 8.81. The van der Waals surface area contributed by atoms with Crippen molar-refractivity contribution in [1.29, 1.82) is 0 Å². The zero-order valence-electron chi connectivity index (χ0n) is 12.1. The number of esters is 1. The van der Waals surface area contributed by atoms with Gasteiger partial charge in [0.25, 0.3) is 0 Å². The number of unbranched alkanes of at least 4 members (excludes halogenated alkanes) is 10. The van der Waals surface area contributed by atoms with Crippen LogP contribution < -0.4 is 5.73 Å². The molecule has 0 bridgehead atoms.